The molecule has 2 rings (SSSR count). The van der Waals surface area contributed by atoms with Crippen LogP contribution >= 0.6 is 11.9 Å². The molecule has 0 bridgehead atoms. The van der Waals surface area contributed by atoms with Gasteiger partial charge in [-0.2, -0.15) is 0 Å². The normalized spacial score (nSPS) is 10.6. The summed E-state index contributed by atoms with van der Waals surface area (Å²) in [6.07, 6.45) is 4.89. The van der Waals surface area contributed by atoms with Crippen LogP contribution in [0.3, 0.4) is 0 Å². The smallest absolute Gasteiger partial charge is 0.0995 e. The van der Waals surface area contributed by atoms with Crippen LogP contribution in [0.25, 0.3) is 5.69 Å². The fourth-order valence-corrected chi connectivity index (χ4v) is 2.70. The van der Waals surface area contributed by atoms with Gasteiger partial charge in [0.1, 0.15) is 0 Å². The lowest BCUT2D eigenvalue weighted by atomic mass is 10.1. The zero-order valence-corrected chi connectivity index (χ0v) is 11.8. The molecular formula is C14H17N3S. The fourth-order valence-electron chi connectivity index (χ4n) is 2.04. The molecule has 0 saturated heterocycles. The second-order valence-electron chi connectivity index (χ2n) is 4.19. The lowest BCUT2D eigenvalue weighted by Crippen LogP contribution is -1.98. The summed E-state index contributed by atoms with van der Waals surface area (Å²) in [4.78, 5) is 5.43. The van der Waals surface area contributed by atoms with Crippen LogP contribution in [0.1, 0.15) is 23.7 Å². The quantitative estimate of drug-likeness (QED) is 0.618. The van der Waals surface area contributed by atoms with E-state index in [1.165, 1.54) is 23.1 Å². The third-order valence-electron chi connectivity index (χ3n) is 3.02. The average Bonchev–Trinajstić information content (AvgIpc) is 2.78. The van der Waals surface area contributed by atoms with Crippen LogP contribution in [0.2, 0.25) is 0 Å². The molecule has 18 heavy (non-hydrogen) atoms. The lowest BCUT2D eigenvalue weighted by molar-refractivity contribution is 0.988. The van der Waals surface area contributed by atoms with E-state index < -0.39 is 0 Å². The van der Waals surface area contributed by atoms with Crippen LogP contribution in [0, 0.1) is 13.8 Å². The van der Waals surface area contributed by atoms with Crippen molar-refractivity contribution < 1.29 is 0 Å². The van der Waals surface area contributed by atoms with Crippen LogP contribution in [0.4, 0.5) is 0 Å². The van der Waals surface area contributed by atoms with Crippen molar-refractivity contribution in [2.75, 3.05) is 0 Å². The van der Waals surface area contributed by atoms with Gasteiger partial charge >= 0.3 is 0 Å². The van der Waals surface area contributed by atoms with Gasteiger partial charge in [-0.25, -0.2) is 9.38 Å². The number of imidazole rings is 1. The Balaban J connectivity index is 2.59. The topological polar surface area (TPSA) is 30.2 Å². The first-order valence-corrected chi connectivity index (χ1v) is 6.71. The minimum atomic E-state index is 1.01. The molecule has 1 heterocycles. The maximum atomic E-state index is 4.27. The fraction of sp³-hybridized carbons (Fsp3) is 0.286. The molecule has 2 aromatic rings. The van der Waals surface area contributed by atoms with Crippen LogP contribution < -0.4 is 0 Å². The molecule has 94 valence electrons. The maximum absolute atomic E-state index is 4.27. The molecule has 0 aliphatic heterocycles. The van der Waals surface area contributed by atoms with E-state index in [-0.39, 0.29) is 0 Å². The molecule has 0 aliphatic rings. The number of nitrogens with zero attached hydrogens (tertiary/aromatic N) is 3. The molecule has 1 aromatic heterocycles. The molecule has 0 amide bonds. The Hall–Kier alpha value is -1.55. The number of aromatic nitrogens is 2. The Kier molecular flexibility index (Phi) is 3.87. The molecule has 0 spiro atoms. The molecule has 0 aliphatic carbocycles. The Morgan fingerprint density at radius 3 is 2.72 bits per heavy atom. The van der Waals surface area contributed by atoms with E-state index in [0.717, 1.165) is 22.7 Å². The van der Waals surface area contributed by atoms with Gasteiger partial charge < -0.3 is 4.57 Å². The summed E-state index contributed by atoms with van der Waals surface area (Å²) in [6, 6.07) is 4.30. The van der Waals surface area contributed by atoms with Crippen LogP contribution in [0.5, 0.6) is 0 Å². The highest BCUT2D eigenvalue weighted by Crippen LogP contribution is 2.32. The van der Waals surface area contributed by atoms with Crippen molar-refractivity contribution in [3.63, 3.8) is 0 Å². The van der Waals surface area contributed by atoms with Gasteiger partial charge in [-0.15, -0.1) is 0 Å². The standard InChI is InChI=1S/C14H17N3S/c1-5-12-6-7-13(14(11(12)3)18-15-4)17-8-10(2)16-9-17/h6-9H,4-5H2,1-3H3. The highest BCUT2D eigenvalue weighted by atomic mass is 32.2. The largest absolute Gasteiger partial charge is 0.305 e. The summed E-state index contributed by atoms with van der Waals surface area (Å²) in [5, 5.41) is 0. The molecule has 0 saturated carbocycles. The summed E-state index contributed by atoms with van der Waals surface area (Å²) in [6.45, 7) is 9.87. The van der Waals surface area contributed by atoms with Gasteiger partial charge in [0.15, 0.2) is 0 Å². The number of aryl methyl sites for hydroxylation is 2. The van der Waals surface area contributed by atoms with Crippen molar-refractivity contribution in [2.45, 2.75) is 32.1 Å². The van der Waals surface area contributed by atoms with E-state index in [2.05, 4.69) is 42.1 Å². The monoisotopic (exact) mass is 259 g/mol. The Bertz CT molecular complexity index is 572. The van der Waals surface area contributed by atoms with Gasteiger partial charge in [0, 0.05) is 18.1 Å². The van der Waals surface area contributed by atoms with Crippen molar-refractivity contribution in [1.82, 2.24) is 9.55 Å². The van der Waals surface area contributed by atoms with Gasteiger partial charge in [0.2, 0.25) is 0 Å². The number of hydrogen-bond donors (Lipinski definition) is 0. The highest BCUT2D eigenvalue weighted by Gasteiger charge is 2.11. The first-order chi connectivity index (χ1) is 8.67. The van der Waals surface area contributed by atoms with Crippen molar-refractivity contribution in [3.8, 4) is 5.69 Å². The number of rotatable bonds is 4. The molecule has 0 N–H and O–H groups in total. The zero-order valence-electron chi connectivity index (χ0n) is 11.0. The van der Waals surface area contributed by atoms with Crippen molar-refractivity contribution in [2.24, 2.45) is 4.40 Å². The Morgan fingerprint density at radius 2 is 2.17 bits per heavy atom. The molecule has 0 atom stereocenters. The first-order valence-electron chi connectivity index (χ1n) is 5.93. The van der Waals surface area contributed by atoms with E-state index in [4.69, 9.17) is 0 Å². The second-order valence-corrected chi connectivity index (χ2v) is 5.04. The summed E-state index contributed by atoms with van der Waals surface area (Å²) in [5.74, 6) is 0. The van der Waals surface area contributed by atoms with Crippen LogP contribution in [-0.2, 0) is 6.42 Å². The van der Waals surface area contributed by atoms with Gasteiger partial charge in [0.25, 0.3) is 0 Å². The minimum Gasteiger partial charge on any atom is -0.305 e. The third kappa shape index (κ3) is 2.34. The maximum Gasteiger partial charge on any atom is 0.0995 e. The van der Waals surface area contributed by atoms with E-state index in [1.54, 1.807) is 0 Å². The van der Waals surface area contributed by atoms with Gasteiger partial charge in [0.05, 0.1) is 22.6 Å². The summed E-state index contributed by atoms with van der Waals surface area (Å²) in [5.41, 5.74) is 4.75. The Labute approximate surface area is 112 Å². The molecule has 1 aromatic carbocycles. The van der Waals surface area contributed by atoms with E-state index >= 15 is 0 Å². The zero-order chi connectivity index (χ0) is 13.1. The molecule has 3 nitrogen and oxygen atoms in total. The van der Waals surface area contributed by atoms with Crippen molar-refractivity contribution in [3.05, 3.63) is 41.5 Å². The second kappa shape index (κ2) is 5.40. The third-order valence-corrected chi connectivity index (χ3v) is 3.85. The predicted molar refractivity (Wildman–Crippen MR) is 77.8 cm³/mol. The van der Waals surface area contributed by atoms with Crippen molar-refractivity contribution in [1.29, 1.82) is 0 Å². The van der Waals surface area contributed by atoms with Gasteiger partial charge in [-0.1, -0.05) is 13.0 Å². The predicted octanol–water partition coefficient (Wildman–Crippen LogP) is 3.76. The van der Waals surface area contributed by atoms with Crippen molar-refractivity contribution >= 4 is 18.7 Å². The minimum absolute atomic E-state index is 1.01. The molecule has 0 radical (unpaired) electrons. The molecule has 0 fully saturated rings. The molecular weight excluding hydrogens is 242 g/mol. The summed E-state index contributed by atoms with van der Waals surface area (Å²) >= 11 is 1.43. The lowest BCUT2D eigenvalue weighted by Gasteiger charge is -2.13. The van der Waals surface area contributed by atoms with Crippen LogP contribution in [0.15, 0.2) is 34.0 Å². The summed E-state index contributed by atoms with van der Waals surface area (Å²) in [7, 11) is 0. The van der Waals surface area contributed by atoms with Gasteiger partial charge in [-0.3, -0.25) is 0 Å². The van der Waals surface area contributed by atoms with Gasteiger partial charge in [-0.05, 0) is 44.2 Å². The summed E-state index contributed by atoms with van der Waals surface area (Å²) < 4.78 is 6.01. The average molecular weight is 259 g/mol. The number of hydrogen-bond acceptors (Lipinski definition) is 3. The van der Waals surface area contributed by atoms with E-state index in [0.29, 0.717) is 0 Å². The van der Waals surface area contributed by atoms with Crippen LogP contribution in [-0.4, -0.2) is 16.3 Å². The molecule has 0 unspecified atom stereocenters. The SMILES string of the molecule is C=NSc1c(-n2cnc(C)c2)ccc(CC)c1C. The van der Waals surface area contributed by atoms with E-state index in [1.807, 2.05) is 24.0 Å². The Morgan fingerprint density at radius 1 is 1.39 bits per heavy atom. The van der Waals surface area contributed by atoms with E-state index in [9.17, 15) is 0 Å². The molecule has 4 heteroatoms. The first kappa shape index (κ1) is 12.9. The highest BCUT2D eigenvalue weighted by molar-refractivity contribution is 7.98. The number of benzene rings is 1.